The van der Waals surface area contributed by atoms with Crippen molar-refractivity contribution in [2.24, 2.45) is 11.8 Å². The molecule has 1 saturated heterocycles. The summed E-state index contributed by atoms with van der Waals surface area (Å²) >= 11 is 1.30. The minimum atomic E-state index is -3.27. The zero-order valence-electron chi connectivity index (χ0n) is 19.6. The smallest absolute Gasteiger partial charge is 0.348 e. The first-order valence-corrected chi connectivity index (χ1v) is 13.9. The number of nitrogens with zero attached hydrogens (tertiary/aromatic N) is 1. The summed E-state index contributed by atoms with van der Waals surface area (Å²) < 4.78 is 27.8. The van der Waals surface area contributed by atoms with Gasteiger partial charge in [-0.3, -0.25) is 9.24 Å². The highest BCUT2D eigenvalue weighted by Gasteiger charge is 2.44. The van der Waals surface area contributed by atoms with Crippen molar-refractivity contribution in [3.63, 3.8) is 0 Å². The van der Waals surface area contributed by atoms with E-state index >= 15 is 0 Å². The molecule has 1 aromatic rings. The number of thiophene rings is 1. The van der Waals surface area contributed by atoms with Gasteiger partial charge in [0.2, 0.25) is 0 Å². The minimum Gasteiger partial charge on any atom is -0.477 e. The molecular formula is C23H38NO5PS. The summed E-state index contributed by atoms with van der Waals surface area (Å²) in [6.07, 6.45) is 5.56. The molecule has 1 saturated carbocycles. The average molecular weight is 472 g/mol. The standard InChI is InChI=1S/C23H38NO5PS/c1-16-6-8-18(9-7-16)30(27,28-5)24(15-17-10-12-29-13-11-17)19-14-20(23(2,3)4)31-21(19)22(25)26/h14,16-18H,6-13,15H2,1-5H3,(H,25,26). The molecule has 1 aromatic heterocycles. The van der Waals surface area contributed by atoms with Crippen molar-refractivity contribution in [1.29, 1.82) is 0 Å². The van der Waals surface area contributed by atoms with Gasteiger partial charge >= 0.3 is 5.97 Å². The Morgan fingerprint density at radius 1 is 1.23 bits per heavy atom. The van der Waals surface area contributed by atoms with Crippen molar-refractivity contribution in [3.05, 3.63) is 15.8 Å². The number of aromatic carboxylic acids is 1. The quantitative estimate of drug-likeness (QED) is 0.464. The van der Waals surface area contributed by atoms with E-state index in [1.807, 2.05) is 10.7 Å². The van der Waals surface area contributed by atoms with Crippen LogP contribution in [0.5, 0.6) is 0 Å². The number of rotatable bonds is 7. The van der Waals surface area contributed by atoms with Crippen molar-refractivity contribution in [3.8, 4) is 0 Å². The summed E-state index contributed by atoms with van der Waals surface area (Å²) in [4.78, 5) is 13.5. The molecule has 0 radical (unpaired) electrons. The lowest BCUT2D eigenvalue weighted by Crippen LogP contribution is -2.35. The third-order valence-electron chi connectivity index (χ3n) is 6.74. The number of ether oxygens (including phenoxy) is 1. The molecule has 1 aliphatic heterocycles. The van der Waals surface area contributed by atoms with Gasteiger partial charge in [0.15, 0.2) is 0 Å². The Bertz CT molecular complexity index is 803. The van der Waals surface area contributed by atoms with Crippen LogP contribution in [0.2, 0.25) is 0 Å². The fraction of sp³-hybridized carbons (Fsp3) is 0.783. The molecule has 0 amide bonds. The monoisotopic (exact) mass is 471 g/mol. The zero-order chi connectivity index (χ0) is 22.8. The Balaban J connectivity index is 2.06. The van der Waals surface area contributed by atoms with Crippen LogP contribution in [0.3, 0.4) is 0 Å². The largest absolute Gasteiger partial charge is 0.477 e. The molecule has 2 aliphatic rings. The molecule has 6 nitrogen and oxygen atoms in total. The Kier molecular flexibility index (Phi) is 7.94. The van der Waals surface area contributed by atoms with E-state index in [-0.39, 0.29) is 16.0 Å². The van der Waals surface area contributed by atoms with E-state index in [0.717, 1.165) is 43.4 Å². The van der Waals surface area contributed by atoms with Crippen molar-refractivity contribution in [2.75, 3.05) is 31.5 Å². The molecule has 1 N–H and O–H groups in total. The molecule has 1 atom stereocenters. The first-order chi connectivity index (χ1) is 14.6. The number of carboxylic acid groups (broad SMARTS) is 1. The van der Waals surface area contributed by atoms with Crippen molar-refractivity contribution >= 4 is 30.5 Å². The maximum absolute atomic E-state index is 14.5. The third kappa shape index (κ3) is 5.55. The number of carboxylic acids is 1. The molecule has 0 aromatic carbocycles. The van der Waals surface area contributed by atoms with Gasteiger partial charge in [-0.05, 0) is 61.8 Å². The SMILES string of the molecule is COP(=O)(C1CCC(C)CC1)N(CC1CCOCC1)c1cc(C(C)(C)C)sc1C(=O)O. The molecule has 0 bridgehead atoms. The second kappa shape index (κ2) is 9.94. The van der Waals surface area contributed by atoms with E-state index in [4.69, 9.17) is 9.26 Å². The summed E-state index contributed by atoms with van der Waals surface area (Å²) in [5.41, 5.74) is 0.320. The van der Waals surface area contributed by atoms with E-state index in [1.165, 1.54) is 18.4 Å². The van der Waals surface area contributed by atoms with E-state index in [0.29, 0.717) is 37.3 Å². The highest BCUT2D eigenvalue weighted by atomic mass is 32.1. The lowest BCUT2D eigenvalue weighted by atomic mass is 9.91. The average Bonchev–Trinajstić information content (AvgIpc) is 3.19. The van der Waals surface area contributed by atoms with Crippen molar-refractivity contribution in [2.45, 2.75) is 77.3 Å². The Morgan fingerprint density at radius 2 is 1.84 bits per heavy atom. The molecule has 0 spiro atoms. The first kappa shape index (κ1) is 24.8. The lowest BCUT2D eigenvalue weighted by molar-refractivity contribution is 0.0683. The number of hydrogen-bond acceptors (Lipinski definition) is 5. The summed E-state index contributed by atoms with van der Waals surface area (Å²) in [7, 11) is -1.74. The predicted octanol–water partition coefficient (Wildman–Crippen LogP) is 6.40. The number of anilines is 1. The van der Waals surface area contributed by atoms with Gasteiger partial charge in [0.1, 0.15) is 4.88 Å². The van der Waals surface area contributed by atoms with Crippen LogP contribution in [-0.4, -0.2) is 43.6 Å². The summed E-state index contributed by atoms with van der Waals surface area (Å²) in [6.45, 7) is 10.4. The van der Waals surface area contributed by atoms with Gasteiger partial charge in [-0.25, -0.2) is 4.79 Å². The molecule has 2 heterocycles. The molecule has 31 heavy (non-hydrogen) atoms. The van der Waals surface area contributed by atoms with E-state index in [9.17, 15) is 14.5 Å². The van der Waals surface area contributed by atoms with Gasteiger partial charge in [0.25, 0.3) is 7.52 Å². The third-order valence-corrected chi connectivity index (χ3v) is 11.3. The second-order valence-electron chi connectivity index (χ2n) is 10.2. The zero-order valence-corrected chi connectivity index (χ0v) is 21.3. The van der Waals surface area contributed by atoms with E-state index in [2.05, 4.69) is 27.7 Å². The normalized spacial score (nSPS) is 25.2. The topological polar surface area (TPSA) is 76.1 Å². The summed E-state index contributed by atoms with van der Waals surface area (Å²) in [5, 5.41) is 10.0. The molecular weight excluding hydrogens is 433 g/mol. The van der Waals surface area contributed by atoms with Gasteiger partial charge in [0.05, 0.1) is 11.3 Å². The maximum Gasteiger partial charge on any atom is 0.348 e. The van der Waals surface area contributed by atoms with Gasteiger partial charge in [-0.2, -0.15) is 0 Å². The highest BCUT2D eigenvalue weighted by molar-refractivity contribution is 7.61. The van der Waals surface area contributed by atoms with E-state index < -0.39 is 13.5 Å². The first-order valence-electron chi connectivity index (χ1n) is 11.4. The molecule has 1 aliphatic carbocycles. The van der Waals surface area contributed by atoms with Crippen LogP contribution in [0.4, 0.5) is 5.69 Å². The number of carbonyl (C=O) groups is 1. The van der Waals surface area contributed by atoms with Crippen LogP contribution in [0, 0.1) is 11.8 Å². The van der Waals surface area contributed by atoms with Crippen LogP contribution in [0.1, 0.15) is 80.8 Å². The molecule has 176 valence electrons. The molecule has 8 heteroatoms. The Labute approximate surface area is 190 Å². The van der Waals surface area contributed by atoms with Crippen LogP contribution < -0.4 is 4.67 Å². The fourth-order valence-corrected chi connectivity index (χ4v) is 8.53. The van der Waals surface area contributed by atoms with Crippen molar-refractivity contribution < 1.29 is 23.7 Å². The van der Waals surface area contributed by atoms with Gasteiger partial charge in [-0.1, -0.05) is 27.7 Å². The summed E-state index contributed by atoms with van der Waals surface area (Å²) in [6, 6.07) is 1.95. The second-order valence-corrected chi connectivity index (χ2v) is 13.9. The Morgan fingerprint density at radius 3 is 2.35 bits per heavy atom. The van der Waals surface area contributed by atoms with Gasteiger partial charge in [-0.15, -0.1) is 11.3 Å². The van der Waals surface area contributed by atoms with Crippen LogP contribution in [0.25, 0.3) is 0 Å². The van der Waals surface area contributed by atoms with Crippen LogP contribution in [0.15, 0.2) is 6.07 Å². The number of hydrogen-bond donors (Lipinski definition) is 1. The molecule has 3 rings (SSSR count). The highest BCUT2D eigenvalue weighted by Crippen LogP contribution is 2.62. The maximum atomic E-state index is 14.5. The van der Waals surface area contributed by atoms with Crippen LogP contribution in [-0.2, 0) is 19.2 Å². The Hall–Kier alpha value is -0.880. The predicted molar refractivity (Wildman–Crippen MR) is 127 cm³/mol. The molecule has 1 unspecified atom stereocenters. The van der Waals surface area contributed by atoms with Crippen LogP contribution >= 0.6 is 18.9 Å². The van der Waals surface area contributed by atoms with Gasteiger partial charge in [0, 0.05) is 31.7 Å². The van der Waals surface area contributed by atoms with E-state index in [1.54, 1.807) is 0 Å². The van der Waals surface area contributed by atoms with Gasteiger partial charge < -0.3 is 14.4 Å². The summed E-state index contributed by atoms with van der Waals surface area (Å²) in [5.74, 6) is -0.0273. The molecule has 2 fully saturated rings. The lowest BCUT2D eigenvalue weighted by Gasteiger charge is -2.41. The minimum absolute atomic E-state index is 0.0619. The fourth-order valence-electron chi connectivity index (χ4n) is 4.65. The van der Waals surface area contributed by atoms with Crippen molar-refractivity contribution in [1.82, 2.24) is 0 Å².